The highest BCUT2D eigenvalue weighted by Gasteiger charge is 2.26. The molecule has 0 saturated carbocycles. The van der Waals surface area contributed by atoms with Crippen LogP contribution in [0.5, 0.6) is 0 Å². The van der Waals surface area contributed by atoms with E-state index in [1.54, 1.807) is 4.57 Å². The molecule has 0 aliphatic heterocycles. The van der Waals surface area contributed by atoms with E-state index < -0.39 is 0 Å². The van der Waals surface area contributed by atoms with Crippen LogP contribution in [0.3, 0.4) is 0 Å². The second kappa shape index (κ2) is 10.6. The lowest BCUT2D eigenvalue weighted by atomic mass is 10.1. The Balaban J connectivity index is 2.22. The zero-order chi connectivity index (χ0) is 23.3. The third-order valence-electron chi connectivity index (χ3n) is 6.02. The van der Waals surface area contributed by atoms with E-state index in [0.29, 0.717) is 29.7 Å². The second-order valence-electron chi connectivity index (χ2n) is 8.64. The Kier molecular flexibility index (Phi) is 7.84. The molecule has 1 atom stereocenters. The standard InChI is InChI=1S/C27H35N3O2/c1-6-8-11-17-29(25(31)12-7-2)21(5)26-28-23-14-10-9-13-22(23)27(32)30(26)24-16-15-19(3)18-20(24)4/h9-10,13-16,18,21H,6-8,11-12,17H2,1-5H3. The Hall–Kier alpha value is -2.95. The number of fused-ring (bicyclic) bond motifs is 1. The van der Waals surface area contributed by atoms with Crippen LogP contribution in [0.15, 0.2) is 47.3 Å². The number of aromatic nitrogens is 2. The van der Waals surface area contributed by atoms with Gasteiger partial charge < -0.3 is 4.90 Å². The Morgan fingerprint density at radius 2 is 1.81 bits per heavy atom. The summed E-state index contributed by atoms with van der Waals surface area (Å²) in [6.45, 7) is 10.9. The molecular formula is C27H35N3O2. The molecule has 1 aromatic heterocycles. The smallest absolute Gasteiger partial charge is 0.266 e. The molecule has 0 aliphatic carbocycles. The molecule has 1 unspecified atom stereocenters. The number of carbonyl (C=O) groups excluding carboxylic acids is 1. The number of para-hydroxylation sites is 1. The molecule has 0 spiro atoms. The van der Waals surface area contributed by atoms with E-state index in [9.17, 15) is 9.59 Å². The van der Waals surface area contributed by atoms with Gasteiger partial charge in [0.05, 0.1) is 22.6 Å². The highest BCUT2D eigenvalue weighted by molar-refractivity contribution is 5.79. The molecule has 3 rings (SSSR count). The highest BCUT2D eigenvalue weighted by atomic mass is 16.2. The van der Waals surface area contributed by atoms with Gasteiger partial charge in [0.25, 0.3) is 5.56 Å². The van der Waals surface area contributed by atoms with Crippen LogP contribution in [-0.2, 0) is 4.79 Å². The summed E-state index contributed by atoms with van der Waals surface area (Å²) in [5.74, 6) is 0.729. The maximum atomic E-state index is 13.7. The summed E-state index contributed by atoms with van der Waals surface area (Å²) in [5.41, 5.74) is 3.53. The van der Waals surface area contributed by atoms with Crippen LogP contribution in [0, 0.1) is 13.8 Å². The summed E-state index contributed by atoms with van der Waals surface area (Å²) in [4.78, 5) is 33.6. The molecule has 2 aromatic carbocycles. The van der Waals surface area contributed by atoms with E-state index in [2.05, 4.69) is 13.0 Å². The molecule has 1 amide bonds. The summed E-state index contributed by atoms with van der Waals surface area (Å²) >= 11 is 0. The van der Waals surface area contributed by atoms with Crippen molar-refractivity contribution in [2.24, 2.45) is 0 Å². The number of hydrogen-bond donors (Lipinski definition) is 0. The van der Waals surface area contributed by atoms with Crippen molar-refractivity contribution in [1.82, 2.24) is 14.5 Å². The van der Waals surface area contributed by atoms with Gasteiger partial charge >= 0.3 is 0 Å². The summed E-state index contributed by atoms with van der Waals surface area (Å²) in [5, 5.41) is 0.584. The summed E-state index contributed by atoms with van der Waals surface area (Å²) in [7, 11) is 0. The first-order valence-electron chi connectivity index (χ1n) is 11.8. The number of unbranched alkanes of at least 4 members (excludes halogenated alkanes) is 2. The van der Waals surface area contributed by atoms with Crippen LogP contribution in [0.4, 0.5) is 0 Å². The zero-order valence-electron chi connectivity index (χ0n) is 20.0. The Morgan fingerprint density at radius 3 is 2.50 bits per heavy atom. The van der Waals surface area contributed by atoms with E-state index >= 15 is 0 Å². The molecule has 0 bridgehead atoms. The molecule has 0 saturated heterocycles. The van der Waals surface area contributed by atoms with E-state index in [4.69, 9.17) is 4.98 Å². The van der Waals surface area contributed by atoms with Gasteiger partial charge in [0, 0.05) is 13.0 Å². The van der Waals surface area contributed by atoms with Crippen LogP contribution >= 0.6 is 0 Å². The summed E-state index contributed by atoms with van der Waals surface area (Å²) < 4.78 is 1.72. The molecule has 32 heavy (non-hydrogen) atoms. The molecule has 3 aromatic rings. The van der Waals surface area contributed by atoms with Crippen LogP contribution in [0.1, 0.15) is 75.9 Å². The van der Waals surface area contributed by atoms with E-state index in [1.165, 1.54) is 0 Å². The highest BCUT2D eigenvalue weighted by Crippen LogP contribution is 2.26. The Labute approximate surface area is 191 Å². The molecule has 0 aliphatic rings. The maximum Gasteiger partial charge on any atom is 0.266 e. The van der Waals surface area contributed by atoms with E-state index in [-0.39, 0.29) is 17.5 Å². The molecule has 0 fully saturated rings. The number of benzene rings is 2. The molecule has 1 heterocycles. The van der Waals surface area contributed by atoms with E-state index in [1.807, 2.05) is 69.0 Å². The fraction of sp³-hybridized carbons (Fsp3) is 0.444. The van der Waals surface area contributed by atoms with E-state index in [0.717, 1.165) is 42.5 Å². The van der Waals surface area contributed by atoms with Crippen molar-refractivity contribution in [1.29, 1.82) is 0 Å². The Bertz CT molecular complexity index is 1150. The second-order valence-corrected chi connectivity index (χ2v) is 8.64. The number of amides is 1. The topological polar surface area (TPSA) is 55.2 Å². The minimum atomic E-state index is -0.316. The third-order valence-corrected chi connectivity index (χ3v) is 6.02. The summed E-state index contributed by atoms with van der Waals surface area (Å²) in [6.07, 6.45) is 4.39. The number of hydrogen-bond acceptors (Lipinski definition) is 3. The Morgan fingerprint density at radius 1 is 1.06 bits per heavy atom. The molecule has 0 N–H and O–H groups in total. The summed E-state index contributed by atoms with van der Waals surface area (Å²) in [6, 6.07) is 13.2. The van der Waals surface area contributed by atoms with Gasteiger partial charge in [-0.2, -0.15) is 0 Å². The fourth-order valence-electron chi connectivity index (χ4n) is 4.28. The minimum Gasteiger partial charge on any atom is -0.333 e. The van der Waals surface area contributed by atoms with Gasteiger partial charge in [-0.05, 0) is 57.4 Å². The molecular weight excluding hydrogens is 398 g/mol. The first-order valence-corrected chi connectivity index (χ1v) is 11.8. The van der Waals surface area contributed by atoms with Gasteiger partial charge in [-0.1, -0.05) is 56.5 Å². The average Bonchev–Trinajstić information content (AvgIpc) is 2.77. The van der Waals surface area contributed by atoms with Crippen molar-refractivity contribution in [2.75, 3.05) is 6.54 Å². The van der Waals surface area contributed by atoms with Crippen molar-refractivity contribution in [3.63, 3.8) is 0 Å². The predicted octanol–water partition coefficient (Wildman–Crippen LogP) is 5.88. The predicted molar refractivity (Wildman–Crippen MR) is 131 cm³/mol. The van der Waals surface area contributed by atoms with Crippen molar-refractivity contribution >= 4 is 16.8 Å². The quantitative estimate of drug-likeness (QED) is 0.396. The number of nitrogens with zero attached hydrogens (tertiary/aromatic N) is 3. The van der Waals surface area contributed by atoms with Gasteiger partial charge in [-0.25, -0.2) is 4.98 Å². The largest absolute Gasteiger partial charge is 0.333 e. The lowest BCUT2D eigenvalue weighted by Gasteiger charge is -2.31. The van der Waals surface area contributed by atoms with Gasteiger partial charge in [-0.15, -0.1) is 0 Å². The molecule has 170 valence electrons. The minimum absolute atomic E-state index is 0.0964. The van der Waals surface area contributed by atoms with Gasteiger partial charge in [-0.3, -0.25) is 14.2 Å². The fourth-order valence-corrected chi connectivity index (χ4v) is 4.28. The van der Waals surface area contributed by atoms with Crippen molar-refractivity contribution < 1.29 is 4.79 Å². The molecule has 5 nitrogen and oxygen atoms in total. The van der Waals surface area contributed by atoms with Gasteiger partial charge in [0.2, 0.25) is 5.91 Å². The average molecular weight is 434 g/mol. The SMILES string of the molecule is CCCCCN(C(=O)CCC)C(C)c1nc2ccccc2c(=O)n1-c1ccc(C)cc1C. The maximum absolute atomic E-state index is 13.7. The lowest BCUT2D eigenvalue weighted by molar-refractivity contribution is -0.133. The monoisotopic (exact) mass is 433 g/mol. The van der Waals surface area contributed by atoms with Crippen LogP contribution < -0.4 is 5.56 Å². The van der Waals surface area contributed by atoms with Crippen molar-refractivity contribution in [3.05, 3.63) is 69.8 Å². The number of carbonyl (C=O) groups is 1. The van der Waals surface area contributed by atoms with Crippen LogP contribution in [-0.4, -0.2) is 26.9 Å². The van der Waals surface area contributed by atoms with Crippen LogP contribution in [0.25, 0.3) is 16.6 Å². The molecule has 0 radical (unpaired) electrons. The van der Waals surface area contributed by atoms with Gasteiger partial charge in [0.1, 0.15) is 5.82 Å². The van der Waals surface area contributed by atoms with Crippen molar-refractivity contribution in [2.45, 2.75) is 72.8 Å². The van der Waals surface area contributed by atoms with Gasteiger partial charge in [0.15, 0.2) is 0 Å². The lowest BCUT2D eigenvalue weighted by Crippen LogP contribution is -2.38. The zero-order valence-corrected chi connectivity index (χ0v) is 20.0. The van der Waals surface area contributed by atoms with Crippen molar-refractivity contribution in [3.8, 4) is 5.69 Å². The third kappa shape index (κ3) is 4.93. The first kappa shape index (κ1) is 23.7. The number of aryl methyl sites for hydroxylation is 2. The van der Waals surface area contributed by atoms with Crippen LogP contribution in [0.2, 0.25) is 0 Å². The number of rotatable bonds is 9. The first-order chi connectivity index (χ1) is 15.4. The molecule has 5 heteroatoms. The normalized spacial score (nSPS) is 12.2.